The molecule has 1 aliphatic carbocycles. The first-order valence-corrected chi connectivity index (χ1v) is 6.91. The van der Waals surface area contributed by atoms with E-state index in [1.807, 2.05) is 0 Å². The predicted molar refractivity (Wildman–Crippen MR) is 68.7 cm³/mol. The largest absolute Gasteiger partial charge is 0.480 e. The van der Waals surface area contributed by atoms with Gasteiger partial charge < -0.3 is 20.0 Å². The molecule has 2 amide bonds. The zero-order chi connectivity index (χ0) is 14.0. The van der Waals surface area contributed by atoms with E-state index < -0.39 is 18.1 Å². The van der Waals surface area contributed by atoms with Gasteiger partial charge in [0, 0.05) is 26.6 Å². The van der Waals surface area contributed by atoms with Gasteiger partial charge in [0.1, 0.15) is 6.04 Å². The minimum absolute atomic E-state index is 0.116. The van der Waals surface area contributed by atoms with Gasteiger partial charge in [-0.2, -0.15) is 0 Å². The van der Waals surface area contributed by atoms with Crippen molar-refractivity contribution in [2.24, 2.45) is 5.92 Å². The number of carbonyl (C=O) groups excluding carboxylic acids is 1. The van der Waals surface area contributed by atoms with Gasteiger partial charge in [-0.25, -0.2) is 9.59 Å². The molecule has 19 heavy (non-hydrogen) atoms. The van der Waals surface area contributed by atoms with Crippen molar-refractivity contribution in [1.82, 2.24) is 9.80 Å². The summed E-state index contributed by atoms with van der Waals surface area (Å²) >= 11 is 0. The highest BCUT2D eigenvalue weighted by molar-refractivity contribution is 5.83. The van der Waals surface area contributed by atoms with E-state index in [0.29, 0.717) is 12.5 Å². The van der Waals surface area contributed by atoms with E-state index in [0.717, 1.165) is 12.8 Å². The Morgan fingerprint density at radius 2 is 1.95 bits per heavy atom. The number of likely N-dealkylation sites (tertiary alicyclic amines) is 1. The van der Waals surface area contributed by atoms with Crippen LogP contribution in [0.4, 0.5) is 4.79 Å². The Bertz CT molecular complexity index is 355. The van der Waals surface area contributed by atoms with Gasteiger partial charge in [-0.1, -0.05) is 12.8 Å². The monoisotopic (exact) mass is 270 g/mol. The molecule has 2 rings (SSSR count). The van der Waals surface area contributed by atoms with Gasteiger partial charge in [0.15, 0.2) is 0 Å². The number of carbonyl (C=O) groups is 2. The Hall–Kier alpha value is -1.30. The number of amides is 2. The Morgan fingerprint density at radius 1 is 1.32 bits per heavy atom. The Morgan fingerprint density at radius 3 is 2.53 bits per heavy atom. The molecule has 2 atom stereocenters. The molecule has 0 radical (unpaired) electrons. The molecule has 0 aromatic rings. The smallest absolute Gasteiger partial charge is 0.326 e. The van der Waals surface area contributed by atoms with Crippen molar-refractivity contribution in [3.8, 4) is 0 Å². The van der Waals surface area contributed by atoms with Crippen molar-refractivity contribution < 1.29 is 19.8 Å². The van der Waals surface area contributed by atoms with Crippen LogP contribution >= 0.6 is 0 Å². The van der Waals surface area contributed by atoms with Crippen LogP contribution in [0.5, 0.6) is 0 Å². The number of urea groups is 1. The van der Waals surface area contributed by atoms with E-state index in [1.165, 1.54) is 17.7 Å². The lowest BCUT2D eigenvalue weighted by Gasteiger charge is -2.29. The quantitative estimate of drug-likeness (QED) is 0.793. The number of hydrogen-bond donors (Lipinski definition) is 2. The van der Waals surface area contributed by atoms with Crippen LogP contribution in [-0.4, -0.2) is 64.3 Å². The molecule has 108 valence electrons. The highest BCUT2D eigenvalue weighted by atomic mass is 16.4. The number of aliphatic hydroxyl groups is 1. The summed E-state index contributed by atoms with van der Waals surface area (Å²) < 4.78 is 0. The average Bonchev–Trinajstić information content (AvgIpc) is 2.97. The molecule has 0 aromatic heterocycles. The minimum Gasteiger partial charge on any atom is -0.480 e. The molecule has 1 saturated carbocycles. The van der Waals surface area contributed by atoms with Gasteiger partial charge in [0.05, 0.1) is 6.10 Å². The number of β-amino-alcohol motifs (C(OH)–C–C–N with tert-alkyl or cyclic N) is 1. The van der Waals surface area contributed by atoms with E-state index in [4.69, 9.17) is 5.11 Å². The fourth-order valence-corrected chi connectivity index (χ4v) is 3.14. The van der Waals surface area contributed by atoms with Crippen molar-refractivity contribution in [3.05, 3.63) is 0 Å². The van der Waals surface area contributed by atoms with Crippen molar-refractivity contribution in [3.63, 3.8) is 0 Å². The number of carboxylic acids is 1. The second-order valence-corrected chi connectivity index (χ2v) is 5.71. The van der Waals surface area contributed by atoms with Crippen molar-refractivity contribution in [2.75, 3.05) is 20.1 Å². The lowest BCUT2D eigenvalue weighted by Crippen LogP contribution is -2.47. The van der Waals surface area contributed by atoms with Crippen molar-refractivity contribution in [1.29, 1.82) is 0 Å². The molecular formula is C13H22N2O4. The lowest BCUT2D eigenvalue weighted by atomic mass is 10.1. The molecule has 2 fully saturated rings. The second-order valence-electron chi connectivity index (χ2n) is 5.71. The number of aliphatic hydroxyl groups excluding tert-OH is 1. The van der Waals surface area contributed by atoms with Crippen LogP contribution < -0.4 is 0 Å². The molecule has 0 aromatic carbocycles. The van der Waals surface area contributed by atoms with Crippen LogP contribution in [0.2, 0.25) is 0 Å². The standard InChI is InChI=1S/C13H22N2O4/c1-14(7-9-4-2-3-5-9)13(19)15-8-10(16)6-11(15)12(17)18/h9-11,16H,2-8H2,1H3,(H,17,18)/t10?,11-/m0/s1. The van der Waals surface area contributed by atoms with Crippen LogP contribution in [0.15, 0.2) is 0 Å². The maximum absolute atomic E-state index is 12.3. The fraction of sp³-hybridized carbons (Fsp3) is 0.846. The molecule has 6 nitrogen and oxygen atoms in total. The molecule has 1 heterocycles. The molecule has 1 aliphatic heterocycles. The first-order valence-electron chi connectivity index (χ1n) is 6.91. The van der Waals surface area contributed by atoms with E-state index in [-0.39, 0.29) is 19.0 Å². The van der Waals surface area contributed by atoms with Crippen LogP contribution in [0.3, 0.4) is 0 Å². The SMILES string of the molecule is CN(CC1CCCC1)C(=O)N1CC(O)C[C@H]1C(=O)O. The van der Waals surface area contributed by atoms with Crippen LogP contribution in [0.25, 0.3) is 0 Å². The third-order valence-corrected chi connectivity index (χ3v) is 4.14. The zero-order valence-corrected chi connectivity index (χ0v) is 11.3. The molecule has 2 aliphatic rings. The number of nitrogens with zero attached hydrogens (tertiary/aromatic N) is 2. The van der Waals surface area contributed by atoms with E-state index >= 15 is 0 Å². The molecule has 0 spiro atoms. The minimum atomic E-state index is -1.04. The number of hydrogen-bond acceptors (Lipinski definition) is 3. The van der Waals surface area contributed by atoms with Gasteiger partial charge in [0.25, 0.3) is 0 Å². The van der Waals surface area contributed by atoms with E-state index in [1.54, 1.807) is 11.9 Å². The third kappa shape index (κ3) is 3.18. The normalized spacial score (nSPS) is 27.8. The molecule has 0 bridgehead atoms. The summed E-state index contributed by atoms with van der Waals surface area (Å²) in [5, 5.41) is 18.7. The number of aliphatic carboxylic acids is 1. The van der Waals surface area contributed by atoms with Gasteiger partial charge >= 0.3 is 12.0 Å². The lowest BCUT2D eigenvalue weighted by molar-refractivity contribution is -0.141. The summed E-state index contributed by atoms with van der Waals surface area (Å²) in [6, 6.07) is -1.18. The van der Waals surface area contributed by atoms with Gasteiger partial charge in [-0.15, -0.1) is 0 Å². The van der Waals surface area contributed by atoms with Crippen LogP contribution in [0.1, 0.15) is 32.1 Å². The van der Waals surface area contributed by atoms with Gasteiger partial charge in [0.2, 0.25) is 0 Å². The number of rotatable bonds is 3. The average molecular weight is 270 g/mol. The summed E-state index contributed by atoms with van der Waals surface area (Å²) in [5.41, 5.74) is 0. The number of carboxylic acid groups (broad SMARTS) is 1. The maximum atomic E-state index is 12.3. The predicted octanol–water partition coefficient (Wildman–Crippen LogP) is 0.748. The van der Waals surface area contributed by atoms with Gasteiger partial charge in [-0.05, 0) is 18.8 Å². The van der Waals surface area contributed by atoms with Crippen molar-refractivity contribution >= 4 is 12.0 Å². The highest BCUT2D eigenvalue weighted by Gasteiger charge is 2.40. The molecule has 2 N–H and O–H groups in total. The van der Waals surface area contributed by atoms with Crippen LogP contribution in [-0.2, 0) is 4.79 Å². The summed E-state index contributed by atoms with van der Waals surface area (Å²) in [7, 11) is 1.71. The first kappa shape index (κ1) is 14.1. The molecule has 1 unspecified atom stereocenters. The second kappa shape index (κ2) is 5.77. The first-order chi connectivity index (χ1) is 8.99. The zero-order valence-electron chi connectivity index (χ0n) is 11.3. The van der Waals surface area contributed by atoms with E-state index in [9.17, 15) is 14.7 Å². The van der Waals surface area contributed by atoms with Crippen LogP contribution in [0, 0.1) is 5.92 Å². The molecule has 1 saturated heterocycles. The Kier molecular flexibility index (Phi) is 4.29. The Balaban J connectivity index is 1.95. The molecular weight excluding hydrogens is 248 g/mol. The summed E-state index contributed by atoms with van der Waals surface area (Å²) in [6.07, 6.45) is 4.11. The van der Waals surface area contributed by atoms with Gasteiger partial charge in [-0.3, -0.25) is 0 Å². The topological polar surface area (TPSA) is 81.1 Å². The van der Waals surface area contributed by atoms with E-state index in [2.05, 4.69) is 0 Å². The van der Waals surface area contributed by atoms with Crippen molar-refractivity contribution in [2.45, 2.75) is 44.2 Å². The highest BCUT2D eigenvalue weighted by Crippen LogP contribution is 2.26. The summed E-state index contributed by atoms with van der Waals surface area (Å²) in [6.45, 7) is 0.794. The summed E-state index contributed by atoms with van der Waals surface area (Å²) in [4.78, 5) is 26.3. The summed E-state index contributed by atoms with van der Waals surface area (Å²) in [5.74, 6) is -0.510. The fourth-order valence-electron chi connectivity index (χ4n) is 3.14. The molecule has 6 heteroatoms. The Labute approximate surface area is 113 Å². The maximum Gasteiger partial charge on any atom is 0.326 e. The third-order valence-electron chi connectivity index (χ3n) is 4.14.